The number of carbonyl (C=O) groups excluding carboxylic acids is 1. The Morgan fingerprint density at radius 2 is 1.72 bits per heavy atom. The van der Waals surface area contributed by atoms with Crippen LogP contribution in [0.2, 0.25) is 0 Å². The van der Waals surface area contributed by atoms with Crippen molar-refractivity contribution in [2.24, 2.45) is 46.3 Å². The second-order valence-corrected chi connectivity index (χ2v) is 14.9. The molecule has 2 heterocycles. The Morgan fingerprint density at radius 1 is 1.00 bits per heavy atom. The average molecular weight is 505 g/mol. The summed E-state index contributed by atoms with van der Waals surface area (Å²) in [6.45, 7) is 14.6. The van der Waals surface area contributed by atoms with Crippen molar-refractivity contribution in [3.63, 3.8) is 0 Å². The molecule has 204 valence electrons. The van der Waals surface area contributed by atoms with Crippen LogP contribution in [0.3, 0.4) is 0 Å². The zero-order valence-electron chi connectivity index (χ0n) is 23.4. The molecule has 6 fully saturated rings. The van der Waals surface area contributed by atoms with Crippen LogP contribution >= 0.6 is 0 Å². The molecule has 0 aromatic carbocycles. The van der Waals surface area contributed by atoms with Crippen LogP contribution in [0, 0.1) is 46.3 Å². The Morgan fingerprint density at radius 3 is 2.36 bits per heavy atom. The molecule has 6 rings (SSSR count). The van der Waals surface area contributed by atoms with Gasteiger partial charge in [-0.05, 0) is 106 Å². The van der Waals surface area contributed by atoms with E-state index in [9.17, 15) is 15.0 Å². The predicted molar refractivity (Wildman–Crippen MR) is 135 cm³/mol. The highest BCUT2D eigenvalue weighted by molar-refractivity contribution is 5.66. The van der Waals surface area contributed by atoms with Crippen molar-refractivity contribution in [1.82, 2.24) is 0 Å². The third-order valence-corrected chi connectivity index (χ3v) is 12.8. The van der Waals surface area contributed by atoms with Gasteiger partial charge in [0.15, 0.2) is 5.79 Å². The van der Waals surface area contributed by atoms with Crippen LogP contribution in [0.25, 0.3) is 0 Å². The third-order valence-electron chi connectivity index (χ3n) is 12.8. The number of fused-ring (bicyclic) bond motifs is 7. The number of carbonyl (C=O) groups is 1. The number of ether oxygens (including phenoxy) is 3. The van der Waals surface area contributed by atoms with Crippen LogP contribution in [-0.4, -0.2) is 51.5 Å². The molecule has 7 unspecified atom stereocenters. The van der Waals surface area contributed by atoms with Gasteiger partial charge in [-0.25, -0.2) is 0 Å². The van der Waals surface area contributed by atoms with Gasteiger partial charge in [-0.2, -0.15) is 0 Å². The zero-order valence-corrected chi connectivity index (χ0v) is 23.4. The first-order valence-electron chi connectivity index (χ1n) is 14.6. The van der Waals surface area contributed by atoms with Gasteiger partial charge in [0.25, 0.3) is 0 Å². The van der Waals surface area contributed by atoms with Crippen LogP contribution in [0.1, 0.15) is 99.8 Å². The van der Waals surface area contributed by atoms with Crippen molar-refractivity contribution in [2.45, 2.75) is 135 Å². The maximum atomic E-state index is 12.2. The Hall–Kier alpha value is -0.690. The first-order valence-corrected chi connectivity index (χ1v) is 14.6. The van der Waals surface area contributed by atoms with Gasteiger partial charge in [0.2, 0.25) is 0 Å². The number of hydrogen-bond acceptors (Lipinski definition) is 6. The number of aliphatic hydroxyl groups excluding tert-OH is 1. The molecule has 0 bridgehead atoms. The van der Waals surface area contributed by atoms with Gasteiger partial charge in [-0.3, -0.25) is 4.79 Å². The lowest BCUT2D eigenvalue weighted by Gasteiger charge is -2.63. The molecule has 13 atom stereocenters. The van der Waals surface area contributed by atoms with E-state index in [2.05, 4.69) is 34.6 Å². The average Bonchev–Trinajstić information content (AvgIpc) is 3.25. The third kappa shape index (κ3) is 3.20. The fourth-order valence-corrected chi connectivity index (χ4v) is 11.0. The first kappa shape index (κ1) is 25.6. The first-order chi connectivity index (χ1) is 16.6. The molecule has 36 heavy (non-hydrogen) atoms. The quantitative estimate of drug-likeness (QED) is 0.497. The van der Waals surface area contributed by atoms with Gasteiger partial charge in [-0.15, -0.1) is 0 Å². The zero-order chi connectivity index (χ0) is 26.1. The van der Waals surface area contributed by atoms with E-state index in [1.165, 1.54) is 6.92 Å². The van der Waals surface area contributed by atoms with Crippen LogP contribution in [0.15, 0.2) is 0 Å². The molecule has 0 aromatic rings. The molecule has 2 N–H and O–H groups in total. The van der Waals surface area contributed by atoms with Crippen molar-refractivity contribution >= 4 is 5.97 Å². The molecule has 6 nitrogen and oxygen atoms in total. The van der Waals surface area contributed by atoms with E-state index in [1.54, 1.807) is 0 Å². The van der Waals surface area contributed by atoms with Crippen LogP contribution in [0.5, 0.6) is 0 Å². The van der Waals surface area contributed by atoms with Gasteiger partial charge in [0, 0.05) is 19.3 Å². The fraction of sp³-hybridized carbons (Fsp3) is 0.967. The van der Waals surface area contributed by atoms with E-state index in [4.69, 9.17) is 14.2 Å². The van der Waals surface area contributed by atoms with Crippen molar-refractivity contribution in [1.29, 1.82) is 0 Å². The second kappa shape index (κ2) is 7.70. The molecule has 0 amide bonds. The summed E-state index contributed by atoms with van der Waals surface area (Å²) >= 11 is 0. The van der Waals surface area contributed by atoms with Gasteiger partial charge in [0.05, 0.1) is 17.8 Å². The normalized spacial score (nSPS) is 59.2. The molecule has 6 aliphatic rings. The van der Waals surface area contributed by atoms with Gasteiger partial charge in [-0.1, -0.05) is 20.8 Å². The van der Waals surface area contributed by atoms with Crippen molar-refractivity contribution in [2.75, 3.05) is 0 Å². The van der Waals surface area contributed by atoms with E-state index in [1.807, 2.05) is 6.92 Å². The highest BCUT2D eigenvalue weighted by atomic mass is 16.7. The second-order valence-electron chi connectivity index (χ2n) is 14.9. The molecule has 0 radical (unpaired) electrons. The highest BCUT2D eigenvalue weighted by Gasteiger charge is 2.77. The lowest BCUT2D eigenvalue weighted by Crippen LogP contribution is -2.62. The molecule has 2 aliphatic heterocycles. The fourth-order valence-electron chi connectivity index (χ4n) is 11.0. The van der Waals surface area contributed by atoms with E-state index >= 15 is 0 Å². The van der Waals surface area contributed by atoms with Crippen molar-refractivity contribution in [3.8, 4) is 0 Å². The number of hydrogen-bond donors (Lipinski definition) is 2. The van der Waals surface area contributed by atoms with Crippen molar-refractivity contribution in [3.05, 3.63) is 0 Å². The Balaban J connectivity index is 1.28. The SMILES string of the molecule is CC(=O)O[C@@H]1CC[C@@]2(C)C(CCC3C4C[C@@H]5OC6(C[C@H](C)C(C)(C)O6)C(C)(O)C5[C@@]4(C)C[C@H](O)C32)C1. The minimum absolute atomic E-state index is 0.0201. The topological polar surface area (TPSA) is 85.2 Å². The van der Waals surface area contributed by atoms with Crippen LogP contribution in [-0.2, 0) is 19.0 Å². The largest absolute Gasteiger partial charge is 0.463 e. The lowest BCUT2D eigenvalue weighted by atomic mass is 9.43. The monoisotopic (exact) mass is 504 g/mol. The summed E-state index contributed by atoms with van der Waals surface area (Å²) in [4.78, 5) is 11.6. The maximum absolute atomic E-state index is 12.2. The summed E-state index contributed by atoms with van der Waals surface area (Å²) in [5.41, 5.74) is -1.55. The standard InChI is InChI=1S/C30H48O6/c1-16-14-30(36-26(16,3)4)29(7,33)25-23(35-30)13-21-20-9-8-18-12-19(34-17(2)31)10-11-27(18,5)24(20)22(32)15-28(21,25)6/h16,18-25,32-33H,8-15H2,1-7H3/t16-,18?,19+,20?,21?,22-,23-,24?,25?,27-,28-,29?,30?/m0/s1. The predicted octanol–water partition coefficient (Wildman–Crippen LogP) is 4.84. The molecular weight excluding hydrogens is 456 g/mol. The molecule has 4 aliphatic carbocycles. The maximum Gasteiger partial charge on any atom is 0.302 e. The summed E-state index contributed by atoms with van der Waals surface area (Å²) < 4.78 is 19.0. The molecular formula is C30H48O6. The summed E-state index contributed by atoms with van der Waals surface area (Å²) in [5, 5.41) is 24.1. The smallest absolute Gasteiger partial charge is 0.302 e. The van der Waals surface area contributed by atoms with Crippen LogP contribution < -0.4 is 0 Å². The Labute approximate surface area is 216 Å². The summed E-state index contributed by atoms with van der Waals surface area (Å²) in [5.74, 6) is 0.715. The molecule has 2 saturated heterocycles. The summed E-state index contributed by atoms with van der Waals surface area (Å²) in [6, 6.07) is 0. The summed E-state index contributed by atoms with van der Waals surface area (Å²) in [7, 11) is 0. The van der Waals surface area contributed by atoms with E-state index in [0.717, 1.165) is 38.5 Å². The minimum Gasteiger partial charge on any atom is -0.463 e. The van der Waals surface area contributed by atoms with Gasteiger partial charge in [0.1, 0.15) is 11.7 Å². The van der Waals surface area contributed by atoms with Crippen LogP contribution in [0.4, 0.5) is 0 Å². The van der Waals surface area contributed by atoms with E-state index < -0.39 is 11.4 Å². The minimum atomic E-state index is -1.10. The molecule has 4 saturated carbocycles. The number of rotatable bonds is 1. The Bertz CT molecular complexity index is 930. The van der Waals surface area contributed by atoms with E-state index in [-0.39, 0.29) is 52.5 Å². The molecule has 1 spiro atoms. The highest BCUT2D eigenvalue weighted by Crippen LogP contribution is 2.72. The van der Waals surface area contributed by atoms with Gasteiger partial charge < -0.3 is 24.4 Å². The number of esters is 1. The van der Waals surface area contributed by atoms with Gasteiger partial charge >= 0.3 is 5.97 Å². The lowest BCUT2D eigenvalue weighted by molar-refractivity contribution is -0.300. The van der Waals surface area contributed by atoms with E-state index in [0.29, 0.717) is 36.5 Å². The number of aliphatic hydroxyl groups is 2. The Kier molecular flexibility index (Phi) is 5.47. The molecule has 6 heteroatoms. The summed E-state index contributed by atoms with van der Waals surface area (Å²) in [6.07, 6.45) is 7.00. The van der Waals surface area contributed by atoms with Crippen molar-refractivity contribution < 1.29 is 29.2 Å². The molecule has 0 aromatic heterocycles.